The molecule has 0 radical (unpaired) electrons. The van der Waals surface area contributed by atoms with E-state index >= 15 is 0 Å². The third-order valence-electron chi connectivity index (χ3n) is 2.71. The van der Waals surface area contributed by atoms with Gasteiger partial charge in [0.05, 0.1) is 0 Å². The van der Waals surface area contributed by atoms with Gasteiger partial charge in [-0.1, -0.05) is 35.4 Å². The minimum atomic E-state index is 0.550. The molecule has 0 aliphatic carbocycles. The predicted molar refractivity (Wildman–Crippen MR) is 87.2 cm³/mol. The van der Waals surface area contributed by atoms with Crippen LogP contribution in [0.2, 0.25) is 5.02 Å². The number of anilines is 2. The molecule has 2 aromatic carbocycles. The molecule has 0 aliphatic heterocycles. The van der Waals surface area contributed by atoms with Crippen LogP contribution in [0, 0.1) is 13.8 Å². The van der Waals surface area contributed by atoms with Crippen LogP contribution in [0.15, 0.2) is 42.5 Å². The molecule has 0 heterocycles. The van der Waals surface area contributed by atoms with Gasteiger partial charge >= 0.3 is 0 Å². The van der Waals surface area contributed by atoms with Gasteiger partial charge in [-0.05, 0) is 55.9 Å². The molecule has 0 bridgehead atoms. The third-order valence-corrected chi connectivity index (χ3v) is 3.15. The second-order valence-electron chi connectivity index (χ2n) is 4.41. The predicted octanol–water partition coefficient (Wildman–Crippen LogP) is 4.77. The molecule has 19 heavy (non-hydrogen) atoms. The number of aryl methyl sites for hydroxylation is 2. The summed E-state index contributed by atoms with van der Waals surface area (Å²) in [6, 6.07) is 13.6. The maximum atomic E-state index is 5.93. The van der Waals surface area contributed by atoms with Gasteiger partial charge in [0.25, 0.3) is 0 Å². The van der Waals surface area contributed by atoms with Crippen molar-refractivity contribution >= 4 is 40.3 Å². The summed E-state index contributed by atoms with van der Waals surface area (Å²) in [5.74, 6) is 0. The van der Waals surface area contributed by atoms with Gasteiger partial charge in [-0.3, -0.25) is 0 Å². The second kappa shape index (κ2) is 6.04. The van der Waals surface area contributed by atoms with Gasteiger partial charge in [-0.15, -0.1) is 0 Å². The van der Waals surface area contributed by atoms with E-state index in [2.05, 4.69) is 36.6 Å². The van der Waals surface area contributed by atoms with Crippen molar-refractivity contribution in [3.63, 3.8) is 0 Å². The molecule has 0 amide bonds. The summed E-state index contributed by atoms with van der Waals surface area (Å²) in [6.45, 7) is 4.12. The molecular formula is C15H15ClN2S. The first-order valence-electron chi connectivity index (χ1n) is 5.95. The highest BCUT2D eigenvalue weighted by atomic mass is 35.5. The molecule has 4 heteroatoms. The summed E-state index contributed by atoms with van der Waals surface area (Å²) in [7, 11) is 0. The zero-order valence-corrected chi connectivity index (χ0v) is 12.4. The number of rotatable bonds is 2. The molecule has 0 aliphatic rings. The van der Waals surface area contributed by atoms with Gasteiger partial charge in [0.2, 0.25) is 0 Å². The Morgan fingerprint density at radius 3 is 2.53 bits per heavy atom. The van der Waals surface area contributed by atoms with E-state index in [0.29, 0.717) is 10.1 Å². The lowest BCUT2D eigenvalue weighted by Gasteiger charge is -2.13. The summed E-state index contributed by atoms with van der Waals surface area (Å²) in [5, 5.41) is 7.52. The van der Waals surface area contributed by atoms with Crippen molar-refractivity contribution in [2.45, 2.75) is 13.8 Å². The smallest absolute Gasteiger partial charge is 0.175 e. The van der Waals surface area contributed by atoms with Crippen LogP contribution >= 0.6 is 23.8 Å². The van der Waals surface area contributed by atoms with Crippen molar-refractivity contribution in [1.29, 1.82) is 0 Å². The van der Waals surface area contributed by atoms with E-state index in [0.717, 1.165) is 16.9 Å². The molecule has 0 atom stereocenters. The van der Waals surface area contributed by atoms with Crippen LogP contribution in [0.3, 0.4) is 0 Å². The summed E-state index contributed by atoms with van der Waals surface area (Å²) < 4.78 is 0. The molecule has 0 saturated heterocycles. The normalized spacial score (nSPS) is 10.1. The van der Waals surface area contributed by atoms with Crippen molar-refractivity contribution in [2.24, 2.45) is 0 Å². The van der Waals surface area contributed by atoms with E-state index in [9.17, 15) is 0 Å². The molecule has 0 unspecified atom stereocenters. The fourth-order valence-corrected chi connectivity index (χ4v) is 2.22. The molecule has 2 nitrogen and oxygen atoms in total. The lowest BCUT2D eigenvalue weighted by atomic mass is 10.1. The first-order valence-corrected chi connectivity index (χ1v) is 6.74. The number of nitrogens with one attached hydrogen (secondary N) is 2. The van der Waals surface area contributed by atoms with E-state index in [1.807, 2.05) is 30.3 Å². The van der Waals surface area contributed by atoms with E-state index in [1.165, 1.54) is 5.56 Å². The van der Waals surface area contributed by atoms with Crippen LogP contribution < -0.4 is 10.6 Å². The Balaban J connectivity index is 2.05. The summed E-state index contributed by atoms with van der Waals surface area (Å²) in [5.41, 5.74) is 4.27. The summed E-state index contributed by atoms with van der Waals surface area (Å²) in [6.07, 6.45) is 0. The molecule has 98 valence electrons. The summed E-state index contributed by atoms with van der Waals surface area (Å²) in [4.78, 5) is 0. The first kappa shape index (κ1) is 13.8. The van der Waals surface area contributed by atoms with Crippen LogP contribution in [-0.4, -0.2) is 5.11 Å². The van der Waals surface area contributed by atoms with E-state index < -0.39 is 0 Å². The average molecular weight is 291 g/mol. The highest BCUT2D eigenvalue weighted by Crippen LogP contribution is 2.18. The second-order valence-corrected chi connectivity index (χ2v) is 5.25. The highest BCUT2D eigenvalue weighted by Gasteiger charge is 2.02. The number of thiocarbonyl (C=S) groups is 1. The number of benzene rings is 2. The standard InChI is InChI=1S/C15H15ClN2S/c1-10-6-7-14(11(2)8-10)18-15(19)17-13-5-3-4-12(16)9-13/h3-9H,1-2H3,(H2,17,18,19). The molecule has 2 rings (SSSR count). The molecule has 0 aromatic heterocycles. The molecule has 2 N–H and O–H groups in total. The molecule has 0 fully saturated rings. The van der Waals surface area contributed by atoms with E-state index in [4.69, 9.17) is 23.8 Å². The SMILES string of the molecule is Cc1ccc(NC(=S)Nc2cccc(Cl)c2)c(C)c1. The van der Waals surface area contributed by atoms with Gasteiger partial charge in [0, 0.05) is 16.4 Å². The van der Waals surface area contributed by atoms with Crippen molar-refractivity contribution in [3.05, 3.63) is 58.6 Å². The maximum Gasteiger partial charge on any atom is 0.175 e. The minimum absolute atomic E-state index is 0.550. The zero-order chi connectivity index (χ0) is 13.8. The van der Waals surface area contributed by atoms with Gasteiger partial charge in [0.15, 0.2) is 5.11 Å². The first-order chi connectivity index (χ1) is 9.04. The summed E-state index contributed by atoms with van der Waals surface area (Å²) >= 11 is 11.2. The fraction of sp³-hybridized carbons (Fsp3) is 0.133. The van der Waals surface area contributed by atoms with Crippen molar-refractivity contribution in [1.82, 2.24) is 0 Å². The van der Waals surface area contributed by atoms with Crippen LogP contribution in [0.4, 0.5) is 11.4 Å². The van der Waals surface area contributed by atoms with Gasteiger partial charge in [0.1, 0.15) is 0 Å². The quantitative estimate of drug-likeness (QED) is 0.779. The lowest BCUT2D eigenvalue weighted by Crippen LogP contribution is -2.19. The van der Waals surface area contributed by atoms with Crippen LogP contribution in [0.25, 0.3) is 0 Å². The van der Waals surface area contributed by atoms with Crippen LogP contribution in [0.5, 0.6) is 0 Å². The van der Waals surface area contributed by atoms with Gasteiger partial charge < -0.3 is 10.6 Å². The minimum Gasteiger partial charge on any atom is -0.332 e. The van der Waals surface area contributed by atoms with Crippen LogP contribution in [0.1, 0.15) is 11.1 Å². The van der Waals surface area contributed by atoms with Crippen molar-refractivity contribution in [2.75, 3.05) is 10.6 Å². The topological polar surface area (TPSA) is 24.1 Å². The Bertz CT molecular complexity index is 611. The number of halogens is 1. The third kappa shape index (κ3) is 3.94. The Hall–Kier alpha value is -1.58. The lowest BCUT2D eigenvalue weighted by molar-refractivity contribution is 1.38. The van der Waals surface area contributed by atoms with E-state index in [-0.39, 0.29) is 0 Å². The van der Waals surface area contributed by atoms with Crippen molar-refractivity contribution < 1.29 is 0 Å². The van der Waals surface area contributed by atoms with E-state index in [1.54, 1.807) is 0 Å². The Morgan fingerprint density at radius 2 is 1.84 bits per heavy atom. The van der Waals surface area contributed by atoms with Crippen molar-refractivity contribution in [3.8, 4) is 0 Å². The van der Waals surface area contributed by atoms with Gasteiger partial charge in [-0.2, -0.15) is 0 Å². The molecule has 0 saturated carbocycles. The van der Waals surface area contributed by atoms with Gasteiger partial charge in [-0.25, -0.2) is 0 Å². The number of hydrogen-bond donors (Lipinski definition) is 2. The fourth-order valence-electron chi connectivity index (χ4n) is 1.80. The zero-order valence-electron chi connectivity index (χ0n) is 10.8. The molecule has 0 spiro atoms. The largest absolute Gasteiger partial charge is 0.332 e. The number of hydrogen-bond acceptors (Lipinski definition) is 1. The molecular weight excluding hydrogens is 276 g/mol. The maximum absolute atomic E-state index is 5.93. The average Bonchev–Trinajstić information content (AvgIpc) is 2.33. The Kier molecular flexibility index (Phi) is 4.40. The Labute approximate surface area is 123 Å². The monoisotopic (exact) mass is 290 g/mol. The highest BCUT2D eigenvalue weighted by molar-refractivity contribution is 7.80. The Morgan fingerprint density at radius 1 is 1.05 bits per heavy atom. The molecule has 2 aromatic rings. The van der Waals surface area contributed by atoms with Crippen LogP contribution in [-0.2, 0) is 0 Å².